The van der Waals surface area contributed by atoms with Gasteiger partial charge in [-0.15, -0.1) is 0 Å². The second-order valence-corrected chi connectivity index (χ2v) is 8.42. The van der Waals surface area contributed by atoms with Crippen LogP contribution in [0.1, 0.15) is 48.3 Å². The summed E-state index contributed by atoms with van der Waals surface area (Å²) in [6.07, 6.45) is -2.02. The van der Waals surface area contributed by atoms with Crippen LogP contribution in [0.15, 0.2) is 24.3 Å². The number of aromatic carboxylic acids is 1. The molecule has 3 saturated carbocycles. The first-order valence-corrected chi connectivity index (χ1v) is 9.11. The summed E-state index contributed by atoms with van der Waals surface area (Å²) >= 11 is 0. The number of para-hydroxylation sites is 1. The Morgan fingerprint density at radius 2 is 1.89 bits per heavy atom. The summed E-state index contributed by atoms with van der Waals surface area (Å²) in [6.45, 7) is 3.00. The Morgan fingerprint density at radius 1 is 1.30 bits per heavy atom. The second kappa shape index (κ2) is 5.50. The number of rotatable bonds is 5. The summed E-state index contributed by atoms with van der Waals surface area (Å²) < 4.78 is 40.3. The SMILES string of the molecule is Cc1c(C(=O)O)c2ccccc2n1[C@H](C)C12CC(N(C)CC(F)(F)F)(C1)C2. The Morgan fingerprint density at radius 3 is 2.44 bits per heavy atom. The highest BCUT2D eigenvalue weighted by Crippen LogP contribution is 2.74. The minimum absolute atomic E-state index is 0.0386. The third-order valence-electron chi connectivity index (χ3n) is 6.91. The van der Waals surface area contributed by atoms with Crippen LogP contribution >= 0.6 is 0 Å². The van der Waals surface area contributed by atoms with Crippen LogP contribution in [0.2, 0.25) is 0 Å². The van der Waals surface area contributed by atoms with E-state index in [0.29, 0.717) is 16.6 Å². The molecule has 2 aromatic rings. The second-order valence-electron chi connectivity index (χ2n) is 8.42. The molecule has 1 atom stereocenters. The van der Waals surface area contributed by atoms with E-state index in [0.717, 1.165) is 24.8 Å². The highest BCUT2D eigenvalue weighted by Gasteiger charge is 2.72. The average Bonchev–Trinajstić information content (AvgIpc) is 2.74. The normalized spacial score (nSPS) is 28.1. The Hall–Kier alpha value is -2.02. The molecule has 1 aromatic carbocycles. The van der Waals surface area contributed by atoms with E-state index in [1.165, 1.54) is 4.90 Å². The fourth-order valence-corrected chi connectivity index (χ4v) is 5.53. The molecule has 2 bridgehead atoms. The molecule has 5 rings (SSSR count). The van der Waals surface area contributed by atoms with Crippen LogP contribution < -0.4 is 0 Å². The Balaban J connectivity index is 1.63. The minimum atomic E-state index is -4.19. The number of alkyl halides is 3. The number of benzene rings is 1. The zero-order valence-corrected chi connectivity index (χ0v) is 15.6. The van der Waals surface area contributed by atoms with Crippen LogP contribution in [0, 0.1) is 12.3 Å². The van der Waals surface area contributed by atoms with Crippen molar-refractivity contribution in [2.45, 2.75) is 50.9 Å². The van der Waals surface area contributed by atoms with Gasteiger partial charge in [0.05, 0.1) is 12.1 Å². The van der Waals surface area contributed by atoms with E-state index in [2.05, 4.69) is 11.5 Å². The number of carboxylic acids is 1. The monoisotopic (exact) mass is 380 g/mol. The van der Waals surface area contributed by atoms with Crippen LogP contribution in [-0.4, -0.2) is 45.9 Å². The molecule has 1 heterocycles. The van der Waals surface area contributed by atoms with E-state index in [1.54, 1.807) is 7.05 Å². The number of hydrogen-bond acceptors (Lipinski definition) is 2. The molecule has 7 heteroatoms. The van der Waals surface area contributed by atoms with E-state index in [9.17, 15) is 23.1 Å². The molecule has 0 amide bonds. The lowest BCUT2D eigenvalue weighted by atomic mass is 9.36. The summed E-state index contributed by atoms with van der Waals surface area (Å²) in [5.74, 6) is -0.950. The van der Waals surface area contributed by atoms with Gasteiger partial charge < -0.3 is 9.67 Å². The summed E-state index contributed by atoms with van der Waals surface area (Å²) in [7, 11) is 1.56. The summed E-state index contributed by atoms with van der Waals surface area (Å²) in [6, 6.07) is 7.48. The predicted molar refractivity (Wildman–Crippen MR) is 96.0 cm³/mol. The number of halogens is 3. The molecular formula is C20H23F3N2O2. The fourth-order valence-electron chi connectivity index (χ4n) is 5.53. The maximum atomic E-state index is 12.7. The summed E-state index contributed by atoms with van der Waals surface area (Å²) in [4.78, 5) is 13.2. The van der Waals surface area contributed by atoms with Crippen LogP contribution in [-0.2, 0) is 0 Å². The molecule has 3 aliphatic rings. The molecule has 3 aliphatic carbocycles. The van der Waals surface area contributed by atoms with E-state index in [-0.39, 0.29) is 17.0 Å². The van der Waals surface area contributed by atoms with Crippen molar-refractivity contribution in [3.63, 3.8) is 0 Å². The molecular weight excluding hydrogens is 357 g/mol. The van der Waals surface area contributed by atoms with Gasteiger partial charge in [0, 0.05) is 28.2 Å². The van der Waals surface area contributed by atoms with Crippen molar-refractivity contribution >= 4 is 16.9 Å². The maximum Gasteiger partial charge on any atom is 0.401 e. The smallest absolute Gasteiger partial charge is 0.401 e. The van der Waals surface area contributed by atoms with Crippen molar-refractivity contribution in [3.05, 3.63) is 35.5 Å². The molecule has 146 valence electrons. The lowest BCUT2D eigenvalue weighted by Crippen LogP contribution is -2.76. The van der Waals surface area contributed by atoms with Crippen molar-refractivity contribution in [3.8, 4) is 0 Å². The Bertz CT molecular complexity index is 911. The lowest BCUT2D eigenvalue weighted by Gasteiger charge is -2.75. The minimum Gasteiger partial charge on any atom is -0.478 e. The van der Waals surface area contributed by atoms with Gasteiger partial charge in [-0.3, -0.25) is 4.90 Å². The first-order chi connectivity index (χ1) is 12.5. The van der Waals surface area contributed by atoms with Gasteiger partial charge in [-0.05, 0) is 51.6 Å². The first-order valence-electron chi connectivity index (χ1n) is 9.11. The van der Waals surface area contributed by atoms with Gasteiger partial charge in [0.25, 0.3) is 0 Å². The number of nitrogens with zero attached hydrogens (tertiary/aromatic N) is 2. The van der Waals surface area contributed by atoms with E-state index >= 15 is 0 Å². The zero-order chi connectivity index (χ0) is 19.8. The standard InChI is InChI=1S/C20H23F3N2O2/c1-12-16(17(26)27)14-6-4-5-7-15(14)25(12)13(2)18-8-19(9-18,10-18)24(3)11-20(21,22)23/h4-7,13H,8-11H2,1-3H3,(H,26,27)/t13-,18?,19?/m1/s1. The van der Waals surface area contributed by atoms with Crippen LogP contribution in [0.25, 0.3) is 10.9 Å². The van der Waals surface area contributed by atoms with E-state index < -0.39 is 18.7 Å². The molecule has 27 heavy (non-hydrogen) atoms. The van der Waals surface area contributed by atoms with Crippen molar-refractivity contribution in [2.24, 2.45) is 5.41 Å². The van der Waals surface area contributed by atoms with Crippen molar-refractivity contribution in [1.82, 2.24) is 9.47 Å². The molecule has 3 fully saturated rings. The van der Waals surface area contributed by atoms with Gasteiger partial charge >= 0.3 is 12.1 Å². The molecule has 0 saturated heterocycles. The average molecular weight is 380 g/mol. The van der Waals surface area contributed by atoms with Crippen molar-refractivity contribution < 1.29 is 23.1 Å². The number of carboxylic acid groups (broad SMARTS) is 1. The van der Waals surface area contributed by atoms with E-state index in [4.69, 9.17) is 0 Å². The number of fused-ring (bicyclic) bond motifs is 1. The quantitative estimate of drug-likeness (QED) is 0.823. The highest BCUT2D eigenvalue weighted by atomic mass is 19.4. The van der Waals surface area contributed by atoms with Gasteiger partial charge in [0.2, 0.25) is 0 Å². The highest BCUT2D eigenvalue weighted by molar-refractivity contribution is 6.05. The number of aromatic nitrogens is 1. The summed E-state index contributed by atoms with van der Waals surface area (Å²) in [5.41, 5.74) is 1.49. The molecule has 0 spiro atoms. The fraction of sp³-hybridized carbons (Fsp3) is 0.550. The molecule has 0 aliphatic heterocycles. The Kier molecular flexibility index (Phi) is 3.74. The van der Waals surface area contributed by atoms with Gasteiger partial charge in [0.1, 0.15) is 0 Å². The molecule has 1 N–H and O–H groups in total. The van der Waals surface area contributed by atoms with E-state index in [1.807, 2.05) is 31.2 Å². The molecule has 0 unspecified atom stereocenters. The Labute approximate surface area is 155 Å². The molecule has 1 aromatic heterocycles. The van der Waals surface area contributed by atoms with Crippen LogP contribution in [0.4, 0.5) is 13.2 Å². The summed E-state index contributed by atoms with van der Waals surface area (Å²) in [5, 5.41) is 10.4. The van der Waals surface area contributed by atoms with Crippen LogP contribution in [0.3, 0.4) is 0 Å². The molecule has 4 nitrogen and oxygen atoms in total. The van der Waals surface area contributed by atoms with Crippen molar-refractivity contribution in [2.75, 3.05) is 13.6 Å². The largest absolute Gasteiger partial charge is 0.478 e. The van der Waals surface area contributed by atoms with Gasteiger partial charge in [-0.2, -0.15) is 13.2 Å². The third kappa shape index (κ3) is 2.51. The zero-order valence-electron chi connectivity index (χ0n) is 15.6. The van der Waals surface area contributed by atoms with Crippen molar-refractivity contribution in [1.29, 1.82) is 0 Å². The lowest BCUT2D eigenvalue weighted by molar-refractivity contribution is -0.257. The first kappa shape index (κ1) is 18.3. The van der Waals surface area contributed by atoms with Crippen LogP contribution in [0.5, 0.6) is 0 Å². The van der Waals surface area contributed by atoms with Gasteiger partial charge in [-0.1, -0.05) is 18.2 Å². The number of carbonyl (C=O) groups is 1. The molecule has 0 radical (unpaired) electrons. The predicted octanol–water partition coefficient (Wildman–Crippen LogP) is 4.63. The maximum absolute atomic E-state index is 12.7. The van der Waals surface area contributed by atoms with Gasteiger partial charge in [-0.25, -0.2) is 4.79 Å². The number of hydrogen-bond donors (Lipinski definition) is 1. The third-order valence-corrected chi connectivity index (χ3v) is 6.91. The van der Waals surface area contributed by atoms with Gasteiger partial charge in [0.15, 0.2) is 0 Å². The topological polar surface area (TPSA) is 45.5 Å².